The molecule has 206 valence electrons. The predicted molar refractivity (Wildman–Crippen MR) is 162 cm³/mol. The third-order valence-corrected chi connectivity index (χ3v) is 7.95. The number of aromatic hydroxyl groups is 1. The Balaban J connectivity index is 0.00000316. The number of phenolic OH excluding ortho intramolecular Hbond substituents is 1. The van der Waals surface area contributed by atoms with Crippen LogP contribution in [0.3, 0.4) is 0 Å². The molecule has 6 aromatic rings. The monoisotopic (exact) mass is 724 g/mol. The van der Waals surface area contributed by atoms with E-state index in [4.69, 9.17) is 9.97 Å². The van der Waals surface area contributed by atoms with Crippen molar-refractivity contribution in [2.45, 2.75) is 19.3 Å². The third kappa shape index (κ3) is 4.36. The number of pyridine rings is 2. The molecule has 0 saturated carbocycles. The average Bonchev–Trinajstić information content (AvgIpc) is 3.02. The molecule has 0 amide bonds. The topological polar surface area (TPSA) is 73.0 Å². The Hall–Kier alpha value is -4.78. The van der Waals surface area contributed by atoms with Gasteiger partial charge in [0.25, 0.3) is 0 Å². The van der Waals surface area contributed by atoms with Crippen molar-refractivity contribution in [2.75, 3.05) is 4.90 Å². The van der Waals surface area contributed by atoms with Crippen LogP contribution in [0, 0.1) is 17.4 Å². The van der Waals surface area contributed by atoms with E-state index in [-0.39, 0.29) is 32.2 Å². The first kappa shape index (κ1) is 27.4. The number of hydrogen-bond acceptors (Lipinski definition) is 5. The number of benzene rings is 4. The van der Waals surface area contributed by atoms with Crippen LogP contribution in [-0.2, 0) is 26.5 Å². The van der Waals surface area contributed by atoms with Crippen LogP contribution in [0.15, 0.2) is 109 Å². The minimum atomic E-state index is -0.273. The molecule has 1 aliphatic rings. The van der Waals surface area contributed by atoms with Gasteiger partial charge in [-0.3, -0.25) is 4.98 Å². The van der Waals surface area contributed by atoms with Crippen LogP contribution in [0.4, 0.5) is 17.2 Å². The van der Waals surface area contributed by atoms with Crippen molar-refractivity contribution in [2.24, 2.45) is 0 Å². The molecule has 4 aromatic carbocycles. The third-order valence-electron chi connectivity index (χ3n) is 7.95. The molecule has 1 N–H and O–H groups in total. The molecule has 0 radical (unpaired) electrons. The second-order valence-electron chi connectivity index (χ2n) is 10.7. The van der Waals surface area contributed by atoms with E-state index in [1.54, 1.807) is 6.07 Å². The van der Waals surface area contributed by atoms with Gasteiger partial charge < -0.3 is 10.0 Å². The normalized spacial score (nSPS) is 13.0. The molecule has 0 aliphatic carbocycles. The van der Waals surface area contributed by atoms with Gasteiger partial charge >= 0.3 is 0 Å². The van der Waals surface area contributed by atoms with Gasteiger partial charge in [0.15, 0.2) is 0 Å². The second-order valence-corrected chi connectivity index (χ2v) is 10.7. The smallest absolute Gasteiger partial charge is 0.140 e. The molecule has 0 unspecified atom stereocenters. The molecule has 2 aromatic heterocycles. The van der Waals surface area contributed by atoms with Gasteiger partial charge in [-0.05, 0) is 63.8 Å². The number of para-hydroxylation sites is 1. The maximum atomic E-state index is 10.5. The minimum absolute atomic E-state index is 0. The zero-order chi connectivity index (χ0) is 28.1. The molecule has 6 heteroatoms. The van der Waals surface area contributed by atoms with Gasteiger partial charge in [-0.25, -0.2) is 4.98 Å². The van der Waals surface area contributed by atoms with Crippen LogP contribution in [0.1, 0.15) is 30.5 Å². The fourth-order valence-corrected chi connectivity index (χ4v) is 5.81. The fourth-order valence-electron chi connectivity index (χ4n) is 5.81. The van der Waals surface area contributed by atoms with E-state index in [9.17, 15) is 10.4 Å². The first-order chi connectivity index (χ1) is 20.0. The summed E-state index contributed by atoms with van der Waals surface area (Å²) in [6.07, 6.45) is 1.85. The zero-order valence-electron chi connectivity index (χ0n) is 22.9. The Morgan fingerprint density at radius 2 is 1.62 bits per heavy atom. The molecule has 7 rings (SSSR count). The van der Waals surface area contributed by atoms with Crippen LogP contribution in [0.25, 0.3) is 33.3 Å². The van der Waals surface area contributed by atoms with E-state index < -0.39 is 0 Å². The van der Waals surface area contributed by atoms with E-state index in [0.29, 0.717) is 22.2 Å². The Morgan fingerprint density at radius 1 is 0.833 bits per heavy atom. The molecule has 0 saturated heterocycles. The van der Waals surface area contributed by atoms with Crippen LogP contribution in [0.5, 0.6) is 5.75 Å². The van der Waals surface area contributed by atoms with Gasteiger partial charge in [-0.15, -0.1) is 23.8 Å². The summed E-state index contributed by atoms with van der Waals surface area (Å²) in [5.74, 6) is 0.837. The van der Waals surface area contributed by atoms with Crippen molar-refractivity contribution in [1.29, 1.82) is 5.26 Å². The first-order valence-electron chi connectivity index (χ1n) is 13.5. The number of fused-ring (bicyclic) bond motifs is 3. The van der Waals surface area contributed by atoms with Crippen LogP contribution >= 0.6 is 0 Å². The SMILES string of the molecule is CC1(C)c2ccc(-c3ccc4c(C#N)ccc(O)c4n3)[c-]c2N(c2cc(-c3ccccc3)ccn2)c2ccccc21.[Pt]. The molecular formula is C36H25N4OPt-. The number of aromatic nitrogens is 2. The van der Waals surface area contributed by atoms with E-state index in [0.717, 1.165) is 39.4 Å². The summed E-state index contributed by atoms with van der Waals surface area (Å²) < 4.78 is 0. The van der Waals surface area contributed by atoms with Crippen molar-refractivity contribution in [3.05, 3.63) is 132 Å². The van der Waals surface area contributed by atoms with Crippen molar-refractivity contribution in [3.63, 3.8) is 0 Å². The molecule has 0 fully saturated rings. The summed E-state index contributed by atoms with van der Waals surface area (Å²) in [4.78, 5) is 11.8. The number of rotatable bonds is 3. The van der Waals surface area contributed by atoms with Gasteiger partial charge in [0, 0.05) is 38.3 Å². The number of nitriles is 1. The molecule has 1 aliphatic heterocycles. The maximum Gasteiger partial charge on any atom is 0.140 e. The summed E-state index contributed by atoms with van der Waals surface area (Å²) in [6, 6.07) is 39.8. The second kappa shape index (κ2) is 10.6. The molecular weight excluding hydrogens is 700 g/mol. The van der Waals surface area contributed by atoms with Gasteiger partial charge in [-0.2, -0.15) is 5.26 Å². The number of nitrogens with zero attached hydrogens (tertiary/aromatic N) is 4. The van der Waals surface area contributed by atoms with Crippen LogP contribution in [0.2, 0.25) is 0 Å². The Labute approximate surface area is 259 Å². The molecule has 0 spiro atoms. The number of anilines is 3. The summed E-state index contributed by atoms with van der Waals surface area (Å²) in [5, 5.41) is 20.7. The standard InChI is InChI=1S/C36H25N4O.Pt/c1-36(2)28-10-6-7-11-31(28)40(34-21-24(18-19-38-34)23-8-4-3-5-9-23)32-20-25(12-15-29(32)36)30-16-14-27-26(22-37)13-17-33(41)35(27)39-30;/h3-19,21,41H,1-2H3;/q-1;. The Bertz CT molecular complexity index is 2010. The van der Waals surface area contributed by atoms with E-state index in [1.807, 2.05) is 48.7 Å². The van der Waals surface area contributed by atoms with Crippen LogP contribution in [-0.4, -0.2) is 15.1 Å². The van der Waals surface area contributed by atoms with Crippen molar-refractivity contribution in [3.8, 4) is 34.2 Å². The summed E-state index contributed by atoms with van der Waals surface area (Å²) in [5.41, 5.74) is 8.53. The molecule has 5 nitrogen and oxygen atoms in total. The van der Waals surface area contributed by atoms with E-state index in [1.165, 1.54) is 11.6 Å². The van der Waals surface area contributed by atoms with Crippen LogP contribution < -0.4 is 4.90 Å². The fraction of sp³-hybridized carbons (Fsp3) is 0.0833. The zero-order valence-corrected chi connectivity index (χ0v) is 25.2. The molecule has 0 bridgehead atoms. The summed E-state index contributed by atoms with van der Waals surface area (Å²) in [6.45, 7) is 4.47. The number of hydrogen-bond donors (Lipinski definition) is 1. The Kier molecular flexibility index (Phi) is 6.89. The Morgan fingerprint density at radius 3 is 2.43 bits per heavy atom. The first-order valence-corrected chi connectivity index (χ1v) is 13.5. The van der Waals surface area contributed by atoms with E-state index >= 15 is 0 Å². The van der Waals surface area contributed by atoms with Gasteiger partial charge in [-0.1, -0.05) is 80.1 Å². The quantitative estimate of drug-likeness (QED) is 0.186. The maximum absolute atomic E-state index is 10.5. The van der Waals surface area contributed by atoms with Crippen molar-refractivity contribution >= 4 is 28.1 Å². The van der Waals surface area contributed by atoms with Gasteiger partial charge in [0.2, 0.25) is 0 Å². The van der Waals surface area contributed by atoms with E-state index in [2.05, 4.69) is 79.4 Å². The predicted octanol–water partition coefficient (Wildman–Crippen LogP) is 8.45. The van der Waals surface area contributed by atoms with Crippen molar-refractivity contribution in [1.82, 2.24) is 9.97 Å². The molecule has 0 atom stereocenters. The summed E-state index contributed by atoms with van der Waals surface area (Å²) >= 11 is 0. The average molecular weight is 725 g/mol. The largest absolute Gasteiger partial charge is 0.506 e. The minimum Gasteiger partial charge on any atom is -0.506 e. The number of phenols is 1. The molecule has 3 heterocycles. The van der Waals surface area contributed by atoms with Gasteiger partial charge in [0.05, 0.1) is 11.6 Å². The summed E-state index contributed by atoms with van der Waals surface area (Å²) in [7, 11) is 0. The molecule has 42 heavy (non-hydrogen) atoms. The van der Waals surface area contributed by atoms with Crippen molar-refractivity contribution < 1.29 is 26.2 Å². The van der Waals surface area contributed by atoms with Gasteiger partial charge in [0.1, 0.15) is 17.1 Å².